The van der Waals surface area contributed by atoms with Crippen molar-refractivity contribution in [3.63, 3.8) is 0 Å². The number of sulfonamides is 1. The van der Waals surface area contributed by atoms with Gasteiger partial charge in [0.25, 0.3) is 5.91 Å². The first-order valence-electron chi connectivity index (χ1n) is 12.8. The number of aryl methyl sites for hydroxylation is 3. The van der Waals surface area contributed by atoms with Crippen molar-refractivity contribution in [2.45, 2.75) is 70.6 Å². The second kappa shape index (κ2) is 11.7. The lowest BCUT2D eigenvalue weighted by Gasteiger charge is -2.25. The Balaban J connectivity index is 1.54. The van der Waals surface area contributed by atoms with Crippen LogP contribution in [-0.4, -0.2) is 36.7 Å². The van der Waals surface area contributed by atoms with Crippen molar-refractivity contribution in [3.8, 4) is 11.3 Å². The van der Waals surface area contributed by atoms with Crippen LogP contribution < -0.4 is 5.32 Å². The van der Waals surface area contributed by atoms with Crippen LogP contribution in [0.4, 0.5) is 5.13 Å². The third-order valence-corrected chi connectivity index (χ3v) is 9.59. The Morgan fingerprint density at radius 3 is 2.44 bits per heavy atom. The molecule has 0 radical (unpaired) electrons. The summed E-state index contributed by atoms with van der Waals surface area (Å²) in [5.41, 5.74) is 4.78. The summed E-state index contributed by atoms with van der Waals surface area (Å²) in [7, 11) is -3.52. The number of carbonyl (C=O) groups excluding carboxylic acids is 1. The highest BCUT2D eigenvalue weighted by molar-refractivity contribution is 7.89. The quantitative estimate of drug-likeness (QED) is 0.320. The smallest absolute Gasteiger partial charge is 0.257 e. The average molecular weight is 526 g/mol. The van der Waals surface area contributed by atoms with Crippen LogP contribution in [0.2, 0.25) is 0 Å². The van der Waals surface area contributed by atoms with Crippen LogP contribution in [-0.2, 0) is 16.4 Å². The van der Waals surface area contributed by atoms with Gasteiger partial charge in [0.1, 0.15) is 0 Å². The molecule has 3 aromatic rings. The molecule has 0 aliphatic carbocycles. The van der Waals surface area contributed by atoms with Crippen molar-refractivity contribution in [2.24, 2.45) is 0 Å². The summed E-state index contributed by atoms with van der Waals surface area (Å²) in [5, 5.41) is 3.51. The van der Waals surface area contributed by atoms with Crippen molar-refractivity contribution in [1.29, 1.82) is 0 Å². The van der Waals surface area contributed by atoms with Crippen molar-refractivity contribution in [3.05, 3.63) is 64.0 Å². The minimum Gasteiger partial charge on any atom is -0.298 e. The largest absolute Gasteiger partial charge is 0.298 e. The lowest BCUT2D eigenvalue weighted by atomic mass is 10.0. The molecular weight excluding hydrogens is 490 g/mol. The second-order valence-corrected chi connectivity index (χ2v) is 12.5. The molecule has 8 heteroatoms. The molecule has 0 atom stereocenters. The van der Waals surface area contributed by atoms with E-state index in [-0.39, 0.29) is 10.8 Å². The Morgan fingerprint density at radius 1 is 1.03 bits per heavy atom. The lowest BCUT2D eigenvalue weighted by Crippen LogP contribution is -2.35. The van der Waals surface area contributed by atoms with Crippen LogP contribution >= 0.6 is 11.3 Å². The van der Waals surface area contributed by atoms with Gasteiger partial charge in [-0.25, -0.2) is 13.4 Å². The Hall–Kier alpha value is -2.55. The van der Waals surface area contributed by atoms with E-state index in [1.54, 1.807) is 12.1 Å². The molecule has 1 aliphatic heterocycles. The summed E-state index contributed by atoms with van der Waals surface area (Å²) in [5.74, 6) is -0.293. The first-order valence-corrected chi connectivity index (χ1v) is 15.0. The second-order valence-electron chi connectivity index (χ2n) is 9.51. The first kappa shape index (κ1) is 26.5. The predicted octanol–water partition coefficient (Wildman–Crippen LogP) is 6.59. The van der Waals surface area contributed by atoms with Gasteiger partial charge >= 0.3 is 0 Å². The number of anilines is 1. The number of unbranched alkanes of at least 4 members (excludes halogenated alkanes) is 2. The van der Waals surface area contributed by atoms with Gasteiger partial charge in [0.05, 0.1) is 10.6 Å². The number of carbonyl (C=O) groups is 1. The number of hydrogen-bond acceptors (Lipinski definition) is 5. The number of benzene rings is 2. The SMILES string of the molecule is CCCCCc1sc(NC(=O)c2ccc(S(=O)(=O)N3CCCCC3)cc2)nc1-c1cc(C)ccc1C. The molecule has 1 fully saturated rings. The van der Waals surface area contributed by atoms with Crippen LogP contribution in [0.25, 0.3) is 11.3 Å². The Morgan fingerprint density at radius 2 is 1.75 bits per heavy atom. The van der Waals surface area contributed by atoms with Gasteiger partial charge in [-0.2, -0.15) is 4.31 Å². The molecule has 1 aliphatic rings. The standard InChI is InChI=1S/C28H35N3O3S2/c1-4-5-7-10-25-26(24-19-20(2)11-12-21(24)3)29-28(35-25)30-27(32)22-13-15-23(16-14-22)36(33,34)31-17-8-6-9-18-31/h11-16,19H,4-10,17-18H2,1-3H3,(H,29,30,32). The topological polar surface area (TPSA) is 79.4 Å². The molecule has 36 heavy (non-hydrogen) atoms. The highest BCUT2D eigenvalue weighted by Crippen LogP contribution is 2.35. The van der Waals surface area contributed by atoms with Gasteiger partial charge in [0.15, 0.2) is 5.13 Å². The molecule has 1 saturated heterocycles. The minimum absolute atomic E-state index is 0.227. The molecule has 4 rings (SSSR count). The van der Waals surface area contributed by atoms with E-state index in [0.29, 0.717) is 23.8 Å². The minimum atomic E-state index is -3.52. The Bertz CT molecular complexity index is 1310. The zero-order valence-corrected chi connectivity index (χ0v) is 23.0. The lowest BCUT2D eigenvalue weighted by molar-refractivity contribution is 0.102. The molecule has 1 amide bonds. The third-order valence-electron chi connectivity index (χ3n) is 6.64. The highest BCUT2D eigenvalue weighted by atomic mass is 32.2. The number of piperidine rings is 1. The number of nitrogens with zero attached hydrogens (tertiary/aromatic N) is 2. The van der Waals surface area contributed by atoms with E-state index in [4.69, 9.17) is 4.98 Å². The maximum Gasteiger partial charge on any atom is 0.257 e. The van der Waals surface area contributed by atoms with Crippen LogP contribution in [0.1, 0.15) is 71.8 Å². The first-order chi connectivity index (χ1) is 17.3. The van der Waals surface area contributed by atoms with Gasteiger partial charge < -0.3 is 0 Å². The number of amides is 1. The fourth-order valence-corrected chi connectivity index (χ4v) is 7.04. The van der Waals surface area contributed by atoms with Gasteiger partial charge in [-0.05, 0) is 75.4 Å². The zero-order chi connectivity index (χ0) is 25.7. The fraction of sp³-hybridized carbons (Fsp3) is 0.429. The maximum atomic E-state index is 13.0. The van der Waals surface area contributed by atoms with Crippen LogP contribution in [0, 0.1) is 13.8 Å². The average Bonchev–Trinajstić information content (AvgIpc) is 3.28. The molecule has 1 aromatic heterocycles. The summed E-state index contributed by atoms with van der Waals surface area (Å²) in [6.45, 7) is 7.45. The summed E-state index contributed by atoms with van der Waals surface area (Å²) in [4.78, 5) is 19.2. The van der Waals surface area contributed by atoms with Gasteiger partial charge in [-0.3, -0.25) is 10.1 Å². The van der Waals surface area contributed by atoms with Gasteiger partial charge in [-0.15, -0.1) is 11.3 Å². The highest BCUT2D eigenvalue weighted by Gasteiger charge is 2.26. The van der Waals surface area contributed by atoms with Crippen LogP contribution in [0.15, 0.2) is 47.4 Å². The molecule has 0 spiro atoms. The van der Waals surface area contributed by atoms with Crippen molar-refractivity contribution >= 4 is 32.4 Å². The monoisotopic (exact) mass is 525 g/mol. The van der Waals surface area contributed by atoms with Gasteiger partial charge in [0.2, 0.25) is 10.0 Å². The van der Waals surface area contributed by atoms with Crippen molar-refractivity contribution < 1.29 is 13.2 Å². The summed E-state index contributed by atoms with van der Waals surface area (Å²) < 4.78 is 27.4. The molecule has 192 valence electrons. The van der Waals surface area contributed by atoms with E-state index < -0.39 is 10.0 Å². The van der Waals surface area contributed by atoms with Gasteiger partial charge in [0, 0.05) is 29.1 Å². The number of aromatic nitrogens is 1. The van der Waals surface area contributed by atoms with E-state index in [0.717, 1.165) is 61.8 Å². The number of rotatable bonds is 9. The van der Waals surface area contributed by atoms with Crippen LogP contribution in [0.5, 0.6) is 0 Å². The molecular formula is C28H35N3O3S2. The molecule has 0 unspecified atom stereocenters. The predicted molar refractivity (Wildman–Crippen MR) is 147 cm³/mol. The number of thiazole rings is 1. The summed E-state index contributed by atoms with van der Waals surface area (Å²) in [6, 6.07) is 12.6. The molecule has 1 N–H and O–H groups in total. The van der Waals surface area contributed by atoms with E-state index >= 15 is 0 Å². The molecule has 6 nitrogen and oxygen atoms in total. The summed E-state index contributed by atoms with van der Waals surface area (Å²) >= 11 is 1.52. The normalized spacial score (nSPS) is 14.6. The Labute approximate surface area is 218 Å². The molecule has 2 aromatic carbocycles. The van der Waals surface area contributed by atoms with Crippen LogP contribution in [0.3, 0.4) is 0 Å². The van der Waals surface area contributed by atoms with Crippen molar-refractivity contribution in [2.75, 3.05) is 18.4 Å². The fourth-order valence-electron chi connectivity index (χ4n) is 4.51. The molecule has 0 bridgehead atoms. The zero-order valence-electron chi connectivity index (χ0n) is 21.3. The van der Waals surface area contributed by atoms with E-state index in [1.165, 1.54) is 38.2 Å². The summed E-state index contributed by atoms with van der Waals surface area (Å²) in [6.07, 6.45) is 7.14. The van der Waals surface area contributed by atoms with E-state index in [2.05, 4.69) is 44.3 Å². The maximum absolute atomic E-state index is 13.0. The van der Waals surface area contributed by atoms with E-state index in [1.807, 2.05) is 0 Å². The Kier molecular flexibility index (Phi) is 8.59. The van der Waals surface area contributed by atoms with Gasteiger partial charge in [-0.1, -0.05) is 43.9 Å². The third kappa shape index (κ3) is 6.05. The van der Waals surface area contributed by atoms with Crippen molar-refractivity contribution in [1.82, 2.24) is 9.29 Å². The molecule has 2 heterocycles. The number of nitrogens with one attached hydrogen (secondary N) is 1. The molecule has 0 saturated carbocycles. The van der Waals surface area contributed by atoms with E-state index in [9.17, 15) is 13.2 Å². The number of hydrogen-bond donors (Lipinski definition) is 1.